The normalized spacial score (nSPS) is 23.2. The highest BCUT2D eigenvalue weighted by Crippen LogP contribution is 2.21. The van der Waals surface area contributed by atoms with Gasteiger partial charge in [0.15, 0.2) is 5.78 Å². The van der Waals surface area contributed by atoms with E-state index in [1.807, 2.05) is 6.92 Å². The molecule has 1 aliphatic rings. The number of ketones is 1. The summed E-state index contributed by atoms with van der Waals surface area (Å²) in [6, 6.07) is 0. The van der Waals surface area contributed by atoms with Gasteiger partial charge in [0.1, 0.15) is 0 Å². The molecule has 0 aromatic rings. The number of carbonyl (C=O) groups is 1. The van der Waals surface area contributed by atoms with Crippen LogP contribution in [0.4, 0.5) is 0 Å². The Balaban J connectivity index is 2.75. The lowest BCUT2D eigenvalue weighted by molar-refractivity contribution is -0.113. The zero-order valence-corrected chi connectivity index (χ0v) is 7.75. The van der Waals surface area contributed by atoms with Gasteiger partial charge in [-0.25, -0.2) is 0 Å². The maximum Gasteiger partial charge on any atom is 0.481 e. The van der Waals surface area contributed by atoms with Gasteiger partial charge in [0.25, 0.3) is 0 Å². The fraction of sp³-hybridized carbons (Fsp3) is 0.500. The van der Waals surface area contributed by atoms with Crippen molar-refractivity contribution in [2.24, 2.45) is 0 Å². The minimum absolute atomic E-state index is 0.135. The average Bonchev–Trinajstić information content (AvgIpc) is 2.04. The Kier molecular flexibility index (Phi) is 3.17. The van der Waals surface area contributed by atoms with E-state index in [1.165, 1.54) is 0 Å². The van der Waals surface area contributed by atoms with Crippen molar-refractivity contribution in [3.63, 3.8) is 0 Å². The Labute approximate surface area is 75.4 Å². The molecule has 0 saturated heterocycles. The number of hydrogen-bond acceptors (Lipinski definition) is 2. The summed E-state index contributed by atoms with van der Waals surface area (Å²) < 4.78 is 4.92. The highest BCUT2D eigenvalue weighted by molar-refractivity contribution is 6.04. The van der Waals surface area contributed by atoms with Gasteiger partial charge in [-0.1, -0.05) is 0 Å². The van der Waals surface area contributed by atoms with E-state index < -0.39 is 0 Å². The minimum atomic E-state index is 0.135. The van der Waals surface area contributed by atoms with Gasteiger partial charge in [-0.05, 0) is 26.2 Å². The minimum Gasteiger partial charge on any atom is -0.657 e. The molecule has 0 spiro atoms. The first kappa shape index (κ1) is 8.84. The molecule has 0 N–H and O–H groups in total. The Morgan fingerprint density at radius 2 is 2.45 bits per heavy atom. The highest BCUT2D eigenvalue weighted by Gasteiger charge is 2.17. The Morgan fingerprint density at radius 3 is 3.00 bits per heavy atom. The topological polar surface area (TPSA) is 26.3 Å². The van der Waals surface area contributed by atoms with Crippen LogP contribution in [0.15, 0.2) is 11.3 Å². The lowest BCUT2D eigenvalue weighted by atomic mass is 9.93. The van der Waals surface area contributed by atoms with Crippen LogP contribution in [-0.4, -0.2) is 22.4 Å². The molecule has 0 aromatic heterocycles. The van der Waals surface area contributed by atoms with Crippen molar-refractivity contribution < 1.29 is 8.58 Å². The molecule has 0 amide bonds. The second-order valence-electron chi connectivity index (χ2n) is 2.61. The van der Waals surface area contributed by atoms with Crippen molar-refractivity contribution in [2.45, 2.75) is 26.2 Å². The second kappa shape index (κ2) is 3.94. The van der Waals surface area contributed by atoms with Gasteiger partial charge < -0.3 is 3.79 Å². The van der Waals surface area contributed by atoms with Gasteiger partial charge in [-0.15, -0.1) is 0 Å². The van der Waals surface area contributed by atoms with E-state index in [0.29, 0.717) is 0 Å². The molecule has 11 heavy (non-hydrogen) atoms. The van der Waals surface area contributed by atoms with Gasteiger partial charge in [0.2, 0.25) is 0 Å². The van der Waals surface area contributed by atoms with Gasteiger partial charge >= 0.3 is 16.6 Å². The Hall–Kier alpha value is -0.258. The Bertz CT molecular complexity index is 196. The van der Waals surface area contributed by atoms with Crippen LogP contribution in [-0.2, 0) is 8.58 Å². The summed E-state index contributed by atoms with van der Waals surface area (Å²) in [5.41, 5.74) is 0.825. The van der Waals surface area contributed by atoms with Crippen molar-refractivity contribution in [2.75, 3.05) is 0 Å². The van der Waals surface area contributed by atoms with Crippen molar-refractivity contribution in [3.8, 4) is 0 Å². The number of Topliss-reactive ketones (excluding diaryl/α,β-unsaturated/α-hetero) is 1. The monoisotopic (exact) mass is 165 g/mol. The molecule has 3 radical (unpaired) electrons. The van der Waals surface area contributed by atoms with Crippen LogP contribution in [0.3, 0.4) is 0 Å². The van der Waals surface area contributed by atoms with Crippen molar-refractivity contribution in [3.05, 3.63) is 17.8 Å². The summed E-state index contributed by atoms with van der Waals surface area (Å²) in [5.74, 6) is 0.868. The van der Waals surface area contributed by atoms with E-state index in [9.17, 15) is 4.79 Å². The first-order valence-corrected chi connectivity index (χ1v) is 4.17. The average molecular weight is 165 g/mol. The number of carbonyl (C=O) groups excluding carboxylic acids is 1. The van der Waals surface area contributed by atoms with Gasteiger partial charge in [-0.2, -0.15) is 0 Å². The lowest BCUT2D eigenvalue weighted by Gasteiger charge is -2.15. The molecule has 0 aliphatic heterocycles. The molecule has 1 aliphatic carbocycles. The zero-order chi connectivity index (χ0) is 8.27. The molecular weight excluding hydrogens is 155 g/mol. The van der Waals surface area contributed by atoms with Crippen LogP contribution >= 0.6 is 0 Å². The molecule has 0 unspecified atom stereocenters. The smallest absolute Gasteiger partial charge is 0.481 e. The van der Waals surface area contributed by atoms with Crippen LogP contribution in [0.25, 0.3) is 0 Å². The van der Waals surface area contributed by atoms with Crippen molar-refractivity contribution in [1.82, 2.24) is 0 Å². The number of hydrogen-bond donors (Lipinski definition) is 0. The molecule has 0 heterocycles. The fourth-order valence-electron chi connectivity index (χ4n) is 1.18. The molecule has 0 aromatic carbocycles. The molecule has 1 saturated carbocycles. The van der Waals surface area contributed by atoms with Crippen molar-refractivity contribution in [1.29, 1.82) is 0 Å². The van der Waals surface area contributed by atoms with Gasteiger partial charge in [0.05, 0.1) is 5.76 Å². The first-order chi connectivity index (χ1) is 5.25. The third-order valence-electron chi connectivity index (χ3n) is 1.86. The summed E-state index contributed by atoms with van der Waals surface area (Å²) in [6.07, 6.45) is 4.56. The molecule has 0 atom stereocenters. The summed E-state index contributed by atoms with van der Waals surface area (Å²) in [6.45, 7) is 1.82. The van der Waals surface area contributed by atoms with Crippen LogP contribution in [0.2, 0.25) is 0 Å². The predicted molar refractivity (Wildman–Crippen MR) is 42.7 cm³/mol. The third kappa shape index (κ3) is 2.08. The van der Waals surface area contributed by atoms with Crippen LogP contribution < -0.4 is 0 Å². The largest absolute Gasteiger partial charge is 0.657 e. The summed E-state index contributed by atoms with van der Waals surface area (Å²) in [7, 11) is 0. The van der Waals surface area contributed by atoms with E-state index in [2.05, 4.69) is 16.6 Å². The van der Waals surface area contributed by atoms with Gasteiger partial charge in [0, 0.05) is 12.0 Å². The summed E-state index contributed by atoms with van der Waals surface area (Å²) >= 11 is 2.16. The molecule has 2 nitrogen and oxygen atoms in total. The second-order valence-corrected chi connectivity index (χ2v) is 2.85. The summed E-state index contributed by atoms with van der Waals surface area (Å²) in [5, 5.41) is 0. The van der Waals surface area contributed by atoms with Gasteiger partial charge in [-0.3, -0.25) is 4.79 Å². The van der Waals surface area contributed by atoms with E-state index in [1.54, 1.807) is 6.42 Å². The zero-order valence-electron chi connectivity index (χ0n) is 6.59. The standard InChI is InChI=1S/C8H11O2.Al/c1-6(9)7-4-2-3-5-8(7)10;/h5,9H,2-4H2,1H3;/q;+1/p-1/b7-6-;. The third-order valence-corrected chi connectivity index (χ3v) is 2.21. The summed E-state index contributed by atoms with van der Waals surface area (Å²) in [4.78, 5) is 11.2. The fourth-order valence-corrected chi connectivity index (χ4v) is 1.32. The SMILES string of the molecule is C/C([O][Al])=C1\CCC[CH]C1=O. The molecule has 0 bridgehead atoms. The lowest BCUT2D eigenvalue weighted by Crippen LogP contribution is -2.11. The van der Waals surface area contributed by atoms with Crippen molar-refractivity contribution >= 4 is 22.4 Å². The predicted octanol–water partition coefficient (Wildman–Crippen LogP) is 1.32. The van der Waals surface area contributed by atoms with E-state index in [-0.39, 0.29) is 5.78 Å². The first-order valence-electron chi connectivity index (χ1n) is 3.69. The van der Waals surface area contributed by atoms with Crippen LogP contribution in [0.1, 0.15) is 26.2 Å². The molecule has 1 fully saturated rings. The van der Waals surface area contributed by atoms with Crippen LogP contribution in [0, 0.1) is 6.42 Å². The highest BCUT2D eigenvalue weighted by atomic mass is 27.1. The molecule has 57 valence electrons. The van der Waals surface area contributed by atoms with Crippen LogP contribution in [0.5, 0.6) is 0 Å². The Morgan fingerprint density at radius 1 is 1.73 bits per heavy atom. The maximum atomic E-state index is 11.2. The number of rotatable bonds is 1. The molecule has 1 rings (SSSR count). The molecular formula is C8H10AlO2. The number of allylic oxidation sites excluding steroid dienone is 2. The molecule has 3 heteroatoms. The van der Waals surface area contributed by atoms with E-state index in [0.717, 1.165) is 30.6 Å². The maximum absolute atomic E-state index is 11.2. The van der Waals surface area contributed by atoms with E-state index >= 15 is 0 Å². The van der Waals surface area contributed by atoms with E-state index in [4.69, 9.17) is 3.79 Å². The quantitative estimate of drug-likeness (QED) is 0.332.